The van der Waals surface area contributed by atoms with Crippen LogP contribution < -0.4 is 5.32 Å². The molecular weight excluding hydrogens is 464 g/mol. The SMILES string of the molecule is Fc1ccc(C2Nc3ccccc3-c3ccnc4c3c2cn4I)c(Cl)c1. The summed E-state index contributed by atoms with van der Waals surface area (Å²) in [5.41, 5.74) is 6.07. The Labute approximate surface area is 168 Å². The van der Waals surface area contributed by atoms with Gasteiger partial charge in [0.05, 0.1) is 28.9 Å². The van der Waals surface area contributed by atoms with Crippen molar-refractivity contribution >= 4 is 51.2 Å². The van der Waals surface area contributed by atoms with Gasteiger partial charge in [0.15, 0.2) is 0 Å². The van der Waals surface area contributed by atoms with E-state index in [4.69, 9.17) is 11.6 Å². The number of hydrogen-bond acceptors (Lipinski definition) is 2. The van der Waals surface area contributed by atoms with Gasteiger partial charge in [-0.3, -0.25) is 2.78 Å². The van der Waals surface area contributed by atoms with Gasteiger partial charge in [-0.2, -0.15) is 0 Å². The largest absolute Gasteiger partial charge is 0.374 e. The van der Waals surface area contributed by atoms with Crippen LogP contribution in [0.3, 0.4) is 0 Å². The number of benzene rings is 2. The zero-order valence-corrected chi connectivity index (χ0v) is 16.3. The second kappa shape index (κ2) is 5.96. The van der Waals surface area contributed by atoms with E-state index >= 15 is 0 Å². The Morgan fingerprint density at radius 1 is 1.08 bits per heavy atom. The summed E-state index contributed by atoms with van der Waals surface area (Å²) in [6, 6.07) is 14.6. The van der Waals surface area contributed by atoms with Crippen LogP contribution in [0.1, 0.15) is 17.2 Å². The first kappa shape index (κ1) is 16.1. The quantitative estimate of drug-likeness (QED) is 0.332. The molecule has 0 saturated carbocycles. The highest BCUT2D eigenvalue weighted by Gasteiger charge is 2.28. The Balaban J connectivity index is 1.87. The fourth-order valence-corrected chi connectivity index (χ4v) is 4.59. The molecule has 6 heteroatoms. The highest BCUT2D eigenvalue weighted by atomic mass is 127. The fraction of sp³-hybridized carbons (Fsp3) is 0.0500. The van der Waals surface area contributed by atoms with Crippen LogP contribution in [0.4, 0.5) is 10.1 Å². The molecular formula is C20H12ClFIN3. The fourth-order valence-electron chi connectivity index (χ4n) is 3.65. The summed E-state index contributed by atoms with van der Waals surface area (Å²) in [7, 11) is 0. The third-order valence-corrected chi connectivity index (χ3v) is 5.84. The van der Waals surface area contributed by atoms with E-state index in [1.165, 1.54) is 12.1 Å². The van der Waals surface area contributed by atoms with E-state index < -0.39 is 0 Å². The normalized spacial score (nSPS) is 15.4. The molecule has 0 spiro atoms. The molecule has 0 fully saturated rings. The molecule has 0 radical (unpaired) electrons. The molecule has 1 aliphatic rings. The van der Waals surface area contributed by atoms with Gasteiger partial charge in [0.1, 0.15) is 11.5 Å². The van der Waals surface area contributed by atoms with Gasteiger partial charge in [-0.05, 0) is 35.4 Å². The Morgan fingerprint density at radius 2 is 1.92 bits per heavy atom. The van der Waals surface area contributed by atoms with E-state index in [-0.39, 0.29) is 11.9 Å². The zero-order valence-electron chi connectivity index (χ0n) is 13.4. The van der Waals surface area contributed by atoms with Crippen LogP contribution in [-0.2, 0) is 0 Å². The Morgan fingerprint density at radius 3 is 2.77 bits per heavy atom. The predicted molar refractivity (Wildman–Crippen MR) is 111 cm³/mol. The Kier molecular flexibility index (Phi) is 3.68. The van der Waals surface area contributed by atoms with E-state index in [9.17, 15) is 4.39 Å². The van der Waals surface area contributed by atoms with Crippen LogP contribution in [0.15, 0.2) is 60.9 Å². The number of aromatic nitrogens is 2. The van der Waals surface area contributed by atoms with E-state index in [0.717, 1.165) is 39.0 Å². The first-order valence-corrected chi connectivity index (χ1v) is 9.45. The minimum atomic E-state index is -0.341. The molecule has 1 atom stereocenters. The Bertz CT molecular complexity index is 1170. The number of nitrogens with one attached hydrogen (secondary N) is 1. The first-order chi connectivity index (χ1) is 12.6. The van der Waals surface area contributed by atoms with Gasteiger partial charge in [-0.1, -0.05) is 35.9 Å². The molecule has 3 nitrogen and oxygen atoms in total. The molecule has 0 bridgehead atoms. The number of fused-ring (bicyclic) bond motifs is 2. The summed E-state index contributed by atoms with van der Waals surface area (Å²) in [6.45, 7) is 0. The van der Waals surface area contributed by atoms with Crippen molar-refractivity contribution in [3.8, 4) is 11.1 Å². The summed E-state index contributed by atoms with van der Waals surface area (Å²) in [5, 5.41) is 5.10. The number of hydrogen-bond donors (Lipinski definition) is 1. The van der Waals surface area contributed by atoms with E-state index in [2.05, 4.69) is 51.5 Å². The van der Waals surface area contributed by atoms with E-state index in [0.29, 0.717) is 5.02 Å². The zero-order chi connectivity index (χ0) is 17.8. The van der Waals surface area contributed by atoms with Crippen molar-refractivity contribution in [2.75, 3.05) is 5.32 Å². The van der Waals surface area contributed by atoms with Crippen molar-refractivity contribution in [2.45, 2.75) is 6.04 Å². The molecule has 5 rings (SSSR count). The molecule has 0 saturated heterocycles. The average molecular weight is 476 g/mol. The number of para-hydroxylation sites is 1. The van der Waals surface area contributed by atoms with Crippen molar-refractivity contribution in [1.29, 1.82) is 0 Å². The number of rotatable bonds is 1. The standard InChI is InChI=1S/C20H12ClFIN3/c21-16-9-11(22)5-6-14(16)19-15-10-26(23)20-18(15)13(7-8-24-20)12-3-1-2-4-17(12)25-19/h1-10,19,25H. The molecule has 4 aromatic rings. The number of pyridine rings is 1. The van der Waals surface area contributed by atoms with Crippen molar-refractivity contribution in [3.05, 3.63) is 82.9 Å². The van der Waals surface area contributed by atoms with Crippen molar-refractivity contribution in [1.82, 2.24) is 7.76 Å². The smallest absolute Gasteiger partial charge is 0.149 e. The molecule has 3 heterocycles. The molecule has 0 amide bonds. The molecule has 128 valence electrons. The van der Waals surface area contributed by atoms with E-state index in [1.54, 1.807) is 6.07 Å². The van der Waals surface area contributed by atoms with Gasteiger partial charge in [0.25, 0.3) is 0 Å². The van der Waals surface area contributed by atoms with Crippen LogP contribution >= 0.6 is 34.5 Å². The van der Waals surface area contributed by atoms with Gasteiger partial charge in [-0.15, -0.1) is 0 Å². The monoisotopic (exact) mass is 475 g/mol. The summed E-state index contributed by atoms with van der Waals surface area (Å²) < 4.78 is 15.6. The van der Waals surface area contributed by atoms with Crippen LogP contribution in [0.5, 0.6) is 0 Å². The van der Waals surface area contributed by atoms with Crippen LogP contribution in [0.2, 0.25) is 5.02 Å². The molecule has 1 unspecified atom stereocenters. The number of halogens is 3. The van der Waals surface area contributed by atoms with Gasteiger partial charge >= 0.3 is 0 Å². The molecule has 26 heavy (non-hydrogen) atoms. The molecule has 2 aromatic carbocycles. The van der Waals surface area contributed by atoms with Gasteiger partial charge < -0.3 is 5.32 Å². The lowest BCUT2D eigenvalue weighted by atomic mass is 9.97. The maximum atomic E-state index is 13.6. The van der Waals surface area contributed by atoms with Crippen LogP contribution in [0, 0.1) is 5.82 Å². The van der Waals surface area contributed by atoms with Gasteiger partial charge in [0, 0.05) is 39.6 Å². The summed E-state index contributed by atoms with van der Waals surface area (Å²) in [6.07, 6.45) is 3.89. The van der Waals surface area contributed by atoms with Crippen molar-refractivity contribution < 1.29 is 4.39 Å². The second-order valence-corrected chi connectivity index (χ2v) is 7.69. The minimum absolute atomic E-state index is 0.201. The molecule has 1 N–H and O–H groups in total. The first-order valence-electron chi connectivity index (χ1n) is 8.10. The van der Waals surface area contributed by atoms with Gasteiger partial charge in [-0.25, -0.2) is 9.37 Å². The summed E-state index contributed by atoms with van der Waals surface area (Å²) >= 11 is 8.64. The minimum Gasteiger partial charge on any atom is -0.374 e. The van der Waals surface area contributed by atoms with Crippen LogP contribution in [-0.4, -0.2) is 7.76 Å². The van der Waals surface area contributed by atoms with Crippen molar-refractivity contribution in [2.24, 2.45) is 0 Å². The topological polar surface area (TPSA) is 29.9 Å². The lowest BCUT2D eigenvalue weighted by Crippen LogP contribution is -2.12. The third kappa shape index (κ3) is 2.34. The lowest BCUT2D eigenvalue weighted by Gasteiger charge is -2.20. The maximum absolute atomic E-state index is 13.6. The maximum Gasteiger partial charge on any atom is 0.149 e. The number of anilines is 1. The molecule has 1 aliphatic heterocycles. The number of nitrogens with zero attached hydrogens (tertiary/aromatic N) is 2. The average Bonchev–Trinajstić information content (AvgIpc) is 2.90. The lowest BCUT2D eigenvalue weighted by molar-refractivity contribution is 0.627. The second-order valence-electron chi connectivity index (χ2n) is 6.24. The molecule has 0 aliphatic carbocycles. The molecule has 2 aromatic heterocycles. The van der Waals surface area contributed by atoms with Crippen molar-refractivity contribution in [3.63, 3.8) is 0 Å². The highest BCUT2D eigenvalue weighted by Crippen LogP contribution is 2.45. The van der Waals surface area contributed by atoms with E-state index in [1.807, 2.05) is 27.2 Å². The highest BCUT2D eigenvalue weighted by molar-refractivity contribution is 14.1. The summed E-state index contributed by atoms with van der Waals surface area (Å²) in [4.78, 5) is 4.56. The Hall–Kier alpha value is -2.12. The predicted octanol–water partition coefficient (Wildman–Crippen LogP) is 6.21. The summed E-state index contributed by atoms with van der Waals surface area (Å²) in [5.74, 6) is -0.341. The van der Waals surface area contributed by atoms with Crippen LogP contribution in [0.25, 0.3) is 22.2 Å². The third-order valence-electron chi connectivity index (χ3n) is 4.78. The van der Waals surface area contributed by atoms with Gasteiger partial charge in [0.2, 0.25) is 0 Å².